The van der Waals surface area contributed by atoms with Crippen LogP contribution in [0.3, 0.4) is 0 Å². The Bertz CT molecular complexity index is 1230. The van der Waals surface area contributed by atoms with Gasteiger partial charge < -0.3 is 9.30 Å². The zero-order valence-electron chi connectivity index (χ0n) is 18.1. The van der Waals surface area contributed by atoms with Crippen LogP contribution in [0.5, 0.6) is 5.75 Å². The Kier molecular flexibility index (Phi) is 7.41. The van der Waals surface area contributed by atoms with Crippen molar-refractivity contribution in [3.05, 3.63) is 59.2 Å². The third-order valence-corrected chi connectivity index (χ3v) is 7.46. The summed E-state index contributed by atoms with van der Waals surface area (Å²) < 4.78 is 35.6. The molecule has 0 N–H and O–H groups in total. The van der Waals surface area contributed by atoms with E-state index in [0.29, 0.717) is 28.8 Å². The first-order valence-corrected chi connectivity index (χ1v) is 12.0. The third kappa shape index (κ3) is 5.05. The van der Waals surface area contributed by atoms with Crippen LogP contribution in [-0.2, 0) is 19.6 Å². The summed E-state index contributed by atoms with van der Waals surface area (Å²) in [7, 11) is -3.54. The van der Waals surface area contributed by atoms with Gasteiger partial charge in [0.2, 0.25) is 10.0 Å². The molecule has 7 nitrogen and oxygen atoms in total. The van der Waals surface area contributed by atoms with Gasteiger partial charge in [-0.05, 0) is 69.2 Å². The molecule has 3 aromatic rings. The molecule has 2 heterocycles. The van der Waals surface area contributed by atoms with E-state index in [4.69, 9.17) is 25.9 Å². The summed E-state index contributed by atoms with van der Waals surface area (Å²) in [5, 5.41) is 1.83. The third-order valence-electron chi connectivity index (χ3n) is 5.35. The van der Waals surface area contributed by atoms with Crippen LogP contribution in [0.2, 0.25) is 5.02 Å². The van der Waals surface area contributed by atoms with Crippen molar-refractivity contribution in [3.8, 4) is 5.75 Å². The molecule has 4 rings (SSSR count). The first kappa shape index (κ1) is 24.0. The minimum absolute atomic E-state index is 0.0464. The smallest absolute Gasteiger partial charge is 0.373 e. The number of hydrogen-bond acceptors (Lipinski definition) is 5. The molecular weight excluding hydrogens is 452 g/mol. The minimum atomic E-state index is -3.54. The number of carbonyl (C=O) groups excluding carboxylic acids is 2. The molecule has 9 heteroatoms. The number of hydrogen-bond donors (Lipinski definition) is 0. The number of halogens is 1. The molecule has 2 aromatic carbocycles. The number of nitrogens with zero attached hydrogens (tertiary/aromatic N) is 2. The summed E-state index contributed by atoms with van der Waals surface area (Å²) in [4.78, 5) is 16.5. The SMILES string of the molecule is Cc1cn(C2CCN(S(=O)(=O)c3ccc(OC(C)C)cc3)C2)c2cc(Cl)ccc12.O=C=O. The number of sulfonamides is 1. The normalized spacial score (nSPS) is 16.6. The molecule has 1 aliphatic rings. The molecule has 1 unspecified atom stereocenters. The lowest BCUT2D eigenvalue weighted by molar-refractivity contribution is -0.191. The summed E-state index contributed by atoms with van der Waals surface area (Å²) in [6.45, 7) is 6.89. The van der Waals surface area contributed by atoms with E-state index < -0.39 is 10.0 Å². The first-order chi connectivity index (χ1) is 15.2. The molecule has 0 spiro atoms. The van der Waals surface area contributed by atoms with E-state index in [9.17, 15) is 8.42 Å². The Labute approximate surface area is 192 Å². The van der Waals surface area contributed by atoms with E-state index in [0.717, 1.165) is 17.3 Å². The molecule has 1 saturated heterocycles. The van der Waals surface area contributed by atoms with E-state index >= 15 is 0 Å². The van der Waals surface area contributed by atoms with Crippen LogP contribution in [0.15, 0.2) is 53.6 Å². The van der Waals surface area contributed by atoms with Crippen molar-refractivity contribution in [2.75, 3.05) is 13.1 Å². The zero-order chi connectivity index (χ0) is 23.5. The lowest BCUT2D eigenvalue weighted by Gasteiger charge is -2.18. The lowest BCUT2D eigenvalue weighted by atomic mass is 10.2. The highest BCUT2D eigenvalue weighted by molar-refractivity contribution is 7.89. The van der Waals surface area contributed by atoms with Gasteiger partial charge in [0.25, 0.3) is 0 Å². The zero-order valence-corrected chi connectivity index (χ0v) is 19.7. The van der Waals surface area contributed by atoms with Crippen molar-refractivity contribution < 1.29 is 22.7 Å². The van der Waals surface area contributed by atoms with Gasteiger partial charge in [0.05, 0.1) is 16.5 Å². The molecule has 0 radical (unpaired) electrons. The molecule has 1 fully saturated rings. The molecule has 1 atom stereocenters. The van der Waals surface area contributed by atoms with E-state index in [-0.39, 0.29) is 18.3 Å². The minimum Gasteiger partial charge on any atom is -0.491 e. The summed E-state index contributed by atoms with van der Waals surface area (Å²) in [6, 6.07) is 12.6. The summed E-state index contributed by atoms with van der Waals surface area (Å²) in [6.07, 6.45) is 3.16. The van der Waals surface area contributed by atoms with Crippen LogP contribution in [-0.4, -0.2) is 42.6 Å². The predicted molar refractivity (Wildman–Crippen MR) is 121 cm³/mol. The van der Waals surface area contributed by atoms with Gasteiger partial charge in [0.15, 0.2) is 0 Å². The average Bonchev–Trinajstić information content (AvgIpc) is 3.34. The topological polar surface area (TPSA) is 85.7 Å². The van der Waals surface area contributed by atoms with Crippen LogP contribution in [0.25, 0.3) is 10.9 Å². The Morgan fingerprint density at radius 3 is 2.41 bits per heavy atom. The monoisotopic (exact) mass is 476 g/mol. The lowest BCUT2D eigenvalue weighted by Crippen LogP contribution is -2.29. The largest absolute Gasteiger partial charge is 0.491 e. The molecule has 32 heavy (non-hydrogen) atoms. The average molecular weight is 477 g/mol. The van der Waals surface area contributed by atoms with Gasteiger partial charge in [0, 0.05) is 35.7 Å². The molecule has 0 aliphatic carbocycles. The first-order valence-electron chi connectivity index (χ1n) is 10.2. The van der Waals surface area contributed by atoms with Crippen LogP contribution < -0.4 is 4.74 Å². The second-order valence-electron chi connectivity index (χ2n) is 7.91. The fourth-order valence-electron chi connectivity index (χ4n) is 3.97. The summed E-state index contributed by atoms with van der Waals surface area (Å²) in [5.41, 5.74) is 2.22. The number of aromatic nitrogens is 1. The Hall–Kier alpha value is -2.64. The molecule has 0 amide bonds. The highest BCUT2D eigenvalue weighted by atomic mass is 35.5. The molecule has 170 valence electrons. The van der Waals surface area contributed by atoms with Crippen molar-refractivity contribution in [1.29, 1.82) is 0 Å². The maximum absolute atomic E-state index is 13.1. The van der Waals surface area contributed by atoms with Gasteiger partial charge in [-0.1, -0.05) is 17.7 Å². The molecule has 1 aromatic heterocycles. The van der Waals surface area contributed by atoms with E-state index in [1.165, 1.54) is 5.56 Å². The van der Waals surface area contributed by atoms with Crippen molar-refractivity contribution in [1.82, 2.24) is 8.87 Å². The highest BCUT2D eigenvalue weighted by Gasteiger charge is 2.34. The predicted octanol–water partition coefficient (Wildman–Crippen LogP) is 4.44. The number of ether oxygens (including phenoxy) is 1. The van der Waals surface area contributed by atoms with Crippen molar-refractivity contribution in [3.63, 3.8) is 0 Å². The Morgan fingerprint density at radius 1 is 1.12 bits per heavy atom. The van der Waals surface area contributed by atoms with E-state index in [1.54, 1.807) is 28.6 Å². The Morgan fingerprint density at radius 2 is 1.78 bits per heavy atom. The van der Waals surface area contributed by atoms with Gasteiger partial charge in [-0.2, -0.15) is 13.9 Å². The van der Waals surface area contributed by atoms with Crippen molar-refractivity contribution in [2.24, 2.45) is 0 Å². The molecule has 1 aliphatic heterocycles. The van der Waals surface area contributed by atoms with Crippen molar-refractivity contribution in [2.45, 2.75) is 44.2 Å². The number of aryl methyl sites for hydroxylation is 1. The number of rotatable bonds is 5. The van der Waals surface area contributed by atoms with Gasteiger partial charge >= 0.3 is 6.15 Å². The van der Waals surface area contributed by atoms with E-state index in [1.807, 2.05) is 32.0 Å². The fraction of sp³-hybridized carbons (Fsp3) is 0.348. The maximum atomic E-state index is 13.1. The van der Waals surface area contributed by atoms with Gasteiger partial charge in [-0.3, -0.25) is 0 Å². The summed E-state index contributed by atoms with van der Waals surface area (Å²) in [5.74, 6) is 0.671. The van der Waals surface area contributed by atoms with Gasteiger partial charge in [-0.15, -0.1) is 0 Å². The maximum Gasteiger partial charge on any atom is 0.373 e. The second-order valence-corrected chi connectivity index (χ2v) is 10.3. The quantitative estimate of drug-likeness (QED) is 0.543. The van der Waals surface area contributed by atoms with Gasteiger partial charge in [0.1, 0.15) is 5.75 Å². The second kappa shape index (κ2) is 9.88. The van der Waals surface area contributed by atoms with Crippen LogP contribution in [0.1, 0.15) is 31.9 Å². The van der Waals surface area contributed by atoms with Crippen LogP contribution in [0, 0.1) is 6.92 Å². The van der Waals surface area contributed by atoms with Crippen LogP contribution in [0.4, 0.5) is 0 Å². The Balaban J connectivity index is 0.000000913. The molecule has 0 saturated carbocycles. The van der Waals surface area contributed by atoms with E-state index in [2.05, 4.69) is 17.7 Å². The standard InChI is InChI=1S/C22H25ClN2O3S.CO2/c1-15(2)28-19-5-7-20(8-6-19)29(26,27)24-11-10-18(14-24)25-13-16(3)21-9-4-17(23)12-22(21)25;2-1-3/h4-9,12-13,15,18H,10-11,14H2,1-3H3;. The molecule has 0 bridgehead atoms. The number of benzene rings is 2. The summed E-state index contributed by atoms with van der Waals surface area (Å²) >= 11 is 6.20. The van der Waals surface area contributed by atoms with Crippen LogP contribution >= 0.6 is 11.6 Å². The molecular formula is C23H25ClN2O5S. The van der Waals surface area contributed by atoms with Gasteiger partial charge in [-0.25, -0.2) is 8.42 Å². The number of fused-ring (bicyclic) bond motifs is 1. The highest BCUT2D eigenvalue weighted by Crippen LogP contribution is 2.33. The van der Waals surface area contributed by atoms with Crippen molar-refractivity contribution >= 4 is 38.7 Å². The fourth-order valence-corrected chi connectivity index (χ4v) is 5.63.